The van der Waals surface area contributed by atoms with Gasteiger partial charge in [-0.2, -0.15) is 5.10 Å². The van der Waals surface area contributed by atoms with Gasteiger partial charge in [-0.25, -0.2) is 4.79 Å². The maximum Gasteiger partial charge on any atom is 0.417 e. The number of hydrogen-bond acceptors (Lipinski definition) is 4. The van der Waals surface area contributed by atoms with Crippen molar-refractivity contribution >= 4 is 27.7 Å². The Labute approximate surface area is 118 Å². The van der Waals surface area contributed by atoms with Crippen molar-refractivity contribution in [2.24, 2.45) is 0 Å². The Balaban J connectivity index is 1.57. The Hall–Kier alpha value is -3.02. The van der Waals surface area contributed by atoms with Gasteiger partial charge in [-0.3, -0.25) is 10.1 Å². The maximum absolute atomic E-state index is 11.1. The van der Waals surface area contributed by atoms with Crippen LogP contribution in [0.25, 0.3) is 22.0 Å². The van der Waals surface area contributed by atoms with Crippen LogP contribution in [0.2, 0.25) is 0 Å². The number of fused-ring (bicyclic) bond motifs is 2. The molecule has 0 fully saturated rings. The molecule has 0 saturated carbocycles. The highest BCUT2D eigenvalue weighted by Crippen LogP contribution is 2.18. The Kier molecular flexibility index (Phi) is 2.53. The summed E-state index contributed by atoms with van der Waals surface area (Å²) in [5.41, 5.74) is 4.35. The third kappa shape index (κ3) is 2.16. The number of hydrogen-bond donors (Lipinski definition) is 3. The van der Waals surface area contributed by atoms with Gasteiger partial charge in [0.25, 0.3) is 0 Å². The summed E-state index contributed by atoms with van der Waals surface area (Å²) in [6.45, 7) is 0.689. The molecule has 0 bridgehead atoms. The van der Waals surface area contributed by atoms with Gasteiger partial charge in [0.15, 0.2) is 5.58 Å². The van der Waals surface area contributed by atoms with Crippen molar-refractivity contribution < 1.29 is 4.42 Å². The minimum atomic E-state index is -0.437. The molecule has 2 aromatic heterocycles. The molecule has 2 aromatic carbocycles. The quantitative estimate of drug-likeness (QED) is 0.538. The molecule has 0 aliphatic rings. The number of H-pyrrole nitrogens is 2. The van der Waals surface area contributed by atoms with Crippen molar-refractivity contribution in [1.82, 2.24) is 15.2 Å². The number of nitrogens with zero attached hydrogens (tertiary/aromatic N) is 1. The molecule has 0 spiro atoms. The number of rotatable bonds is 3. The lowest BCUT2D eigenvalue weighted by Gasteiger charge is -2.06. The van der Waals surface area contributed by atoms with Gasteiger partial charge in [-0.05, 0) is 35.9 Å². The molecule has 0 unspecified atom stereocenters. The van der Waals surface area contributed by atoms with E-state index in [0.717, 1.165) is 22.2 Å². The van der Waals surface area contributed by atoms with Crippen molar-refractivity contribution in [3.63, 3.8) is 0 Å². The molecule has 4 aromatic rings. The second kappa shape index (κ2) is 4.52. The highest BCUT2D eigenvalue weighted by atomic mass is 16.4. The van der Waals surface area contributed by atoms with E-state index in [1.54, 1.807) is 12.3 Å². The number of aromatic amines is 2. The third-order valence-electron chi connectivity index (χ3n) is 3.42. The Morgan fingerprint density at radius 1 is 1.14 bits per heavy atom. The van der Waals surface area contributed by atoms with Crippen molar-refractivity contribution in [3.05, 3.63) is 58.7 Å². The topological polar surface area (TPSA) is 86.7 Å². The Bertz CT molecular complexity index is 980. The minimum Gasteiger partial charge on any atom is -0.408 e. The number of aromatic nitrogens is 3. The highest BCUT2D eigenvalue weighted by molar-refractivity contribution is 5.79. The summed E-state index contributed by atoms with van der Waals surface area (Å²) in [5, 5.41) is 11.3. The first-order valence-electron chi connectivity index (χ1n) is 6.57. The van der Waals surface area contributed by atoms with E-state index in [2.05, 4.69) is 26.6 Å². The van der Waals surface area contributed by atoms with Crippen LogP contribution in [0.1, 0.15) is 5.56 Å². The van der Waals surface area contributed by atoms with Gasteiger partial charge in [-0.1, -0.05) is 6.07 Å². The largest absolute Gasteiger partial charge is 0.417 e. The molecule has 0 amide bonds. The number of oxazole rings is 1. The molecule has 6 heteroatoms. The summed E-state index contributed by atoms with van der Waals surface area (Å²) in [6, 6.07) is 11.7. The van der Waals surface area contributed by atoms with Crippen molar-refractivity contribution in [2.45, 2.75) is 6.54 Å². The van der Waals surface area contributed by atoms with Crippen LogP contribution in [0.3, 0.4) is 0 Å². The molecule has 21 heavy (non-hydrogen) atoms. The molecule has 2 heterocycles. The van der Waals surface area contributed by atoms with E-state index in [1.807, 2.05) is 24.3 Å². The lowest BCUT2D eigenvalue weighted by Crippen LogP contribution is -1.99. The zero-order valence-corrected chi connectivity index (χ0v) is 11.0. The van der Waals surface area contributed by atoms with E-state index >= 15 is 0 Å². The van der Waals surface area contributed by atoms with E-state index in [0.29, 0.717) is 17.6 Å². The predicted molar refractivity (Wildman–Crippen MR) is 80.3 cm³/mol. The predicted octanol–water partition coefficient (Wildman–Crippen LogP) is 2.61. The highest BCUT2D eigenvalue weighted by Gasteiger charge is 2.02. The van der Waals surface area contributed by atoms with Crippen LogP contribution in [0.5, 0.6) is 0 Å². The summed E-state index contributed by atoms with van der Waals surface area (Å²) in [5.74, 6) is -0.437. The molecular weight excluding hydrogens is 268 g/mol. The van der Waals surface area contributed by atoms with Crippen LogP contribution in [0.4, 0.5) is 5.69 Å². The lowest BCUT2D eigenvalue weighted by atomic mass is 10.1. The van der Waals surface area contributed by atoms with E-state index in [4.69, 9.17) is 4.42 Å². The zero-order chi connectivity index (χ0) is 14.2. The summed E-state index contributed by atoms with van der Waals surface area (Å²) < 4.78 is 4.98. The number of anilines is 1. The summed E-state index contributed by atoms with van der Waals surface area (Å²) >= 11 is 0. The van der Waals surface area contributed by atoms with Crippen LogP contribution in [-0.4, -0.2) is 15.2 Å². The van der Waals surface area contributed by atoms with Gasteiger partial charge in [0.2, 0.25) is 0 Å². The fraction of sp³-hybridized carbons (Fsp3) is 0.0667. The molecular formula is C15H12N4O2. The van der Waals surface area contributed by atoms with E-state index in [-0.39, 0.29) is 0 Å². The molecule has 6 nitrogen and oxygen atoms in total. The number of nitrogens with one attached hydrogen (secondary N) is 3. The normalized spacial score (nSPS) is 11.2. The second-order valence-corrected chi connectivity index (χ2v) is 4.87. The fourth-order valence-electron chi connectivity index (χ4n) is 2.37. The van der Waals surface area contributed by atoms with Crippen LogP contribution in [0.15, 0.2) is 51.8 Å². The smallest absolute Gasteiger partial charge is 0.408 e. The summed E-state index contributed by atoms with van der Waals surface area (Å²) in [6.07, 6.45) is 1.81. The zero-order valence-electron chi connectivity index (χ0n) is 11.0. The second-order valence-electron chi connectivity index (χ2n) is 4.87. The monoisotopic (exact) mass is 280 g/mol. The van der Waals surface area contributed by atoms with Gasteiger partial charge < -0.3 is 9.73 Å². The molecule has 0 saturated heterocycles. The minimum absolute atomic E-state index is 0.437. The Morgan fingerprint density at radius 3 is 3.05 bits per heavy atom. The van der Waals surface area contributed by atoms with Crippen LogP contribution < -0.4 is 11.1 Å². The molecule has 104 valence electrons. The average Bonchev–Trinajstić information content (AvgIpc) is 3.08. The Morgan fingerprint density at radius 2 is 2.10 bits per heavy atom. The van der Waals surface area contributed by atoms with E-state index in [1.165, 1.54) is 0 Å². The van der Waals surface area contributed by atoms with Crippen LogP contribution >= 0.6 is 0 Å². The SMILES string of the molecule is O=c1[nH]c2cc(NCc3ccc4[nH]ncc4c3)ccc2o1. The van der Waals surface area contributed by atoms with Crippen molar-refractivity contribution in [3.8, 4) is 0 Å². The fourth-order valence-corrected chi connectivity index (χ4v) is 2.37. The van der Waals surface area contributed by atoms with Gasteiger partial charge in [0.1, 0.15) is 0 Å². The van der Waals surface area contributed by atoms with E-state index < -0.39 is 5.76 Å². The maximum atomic E-state index is 11.1. The average molecular weight is 280 g/mol. The molecule has 4 rings (SSSR count). The molecule has 0 aliphatic heterocycles. The van der Waals surface area contributed by atoms with Gasteiger partial charge in [-0.15, -0.1) is 0 Å². The first-order chi connectivity index (χ1) is 10.3. The van der Waals surface area contributed by atoms with E-state index in [9.17, 15) is 4.79 Å². The van der Waals surface area contributed by atoms with Gasteiger partial charge >= 0.3 is 5.76 Å². The molecule has 0 atom stereocenters. The lowest BCUT2D eigenvalue weighted by molar-refractivity contribution is 0.555. The molecule has 0 aliphatic carbocycles. The van der Waals surface area contributed by atoms with Gasteiger partial charge in [0, 0.05) is 17.6 Å². The van der Waals surface area contributed by atoms with Crippen LogP contribution in [-0.2, 0) is 6.54 Å². The first-order valence-corrected chi connectivity index (χ1v) is 6.57. The summed E-state index contributed by atoms with van der Waals surface area (Å²) in [4.78, 5) is 13.8. The molecule has 3 N–H and O–H groups in total. The first kappa shape index (κ1) is 11.8. The van der Waals surface area contributed by atoms with Crippen molar-refractivity contribution in [2.75, 3.05) is 5.32 Å². The van der Waals surface area contributed by atoms with Crippen LogP contribution in [0, 0.1) is 0 Å². The number of benzene rings is 2. The van der Waals surface area contributed by atoms with Gasteiger partial charge in [0.05, 0.1) is 17.2 Å². The van der Waals surface area contributed by atoms with Crippen molar-refractivity contribution in [1.29, 1.82) is 0 Å². The molecule has 0 radical (unpaired) electrons. The standard InChI is InChI=1S/C15H12N4O2/c20-15-18-13-6-11(2-4-14(13)21-15)16-7-9-1-3-12-10(5-9)8-17-19-12/h1-6,8,16H,7H2,(H,17,19)(H,18,20). The summed E-state index contributed by atoms with van der Waals surface area (Å²) in [7, 11) is 0. The third-order valence-corrected chi connectivity index (χ3v) is 3.42.